The fourth-order valence-corrected chi connectivity index (χ4v) is 5.81. The smallest absolute Gasteiger partial charge is 0.244 e. The molecular weight excluding hydrogens is 436 g/mol. The first-order valence-corrected chi connectivity index (χ1v) is 12.1. The fraction of sp³-hybridized carbons (Fsp3) is 0.444. The van der Waals surface area contributed by atoms with Gasteiger partial charge in [-0.25, -0.2) is 13.4 Å². The molecule has 156 valence electrons. The minimum atomic E-state index is -3.76. The zero-order valence-corrected chi connectivity index (χ0v) is 18.0. The molecule has 0 unspecified atom stereocenters. The quantitative estimate of drug-likeness (QED) is 0.644. The molecule has 1 amide bonds. The number of hydrogen-bond donors (Lipinski definition) is 1. The van der Waals surface area contributed by atoms with E-state index in [4.69, 9.17) is 16.3 Å². The number of amides is 1. The Labute approximate surface area is 178 Å². The van der Waals surface area contributed by atoms with Gasteiger partial charge in [0.05, 0.1) is 24.0 Å². The number of anilines is 1. The number of nitrogens with zero attached hydrogens (tertiary/aromatic N) is 3. The van der Waals surface area contributed by atoms with Gasteiger partial charge in [-0.15, -0.1) is 0 Å². The number of benzene rings is 1. The normalized spacial score (nSPS) is 18.0. The van der Waals surface area contributed by atoms with Crippen molar-refractivity contribution in [3.63, 3.8) is 0 Å². The molecule has 1 aromatic carbocycles. The summed E-state index contributed by atoms with van der Waals surface area (Å²) < 4.78 is 34.4. The van der Waals surface area contributed by atoms with E-state index >= 15 is 0 Å². The fourth-order valence-electron chi connectivity index (χ4n) is 3.07. The third-order valence-corrected chi connectivity index (χ3v) is 8.07. The van der Waals surface area contributed by atoms with E-state index in [0.29, 0.717) is 24.9 Å². The molecule has 8 nitrogen and oxygen atoms in total. The third kappa shape index (κ3) is 4.77. The van der Waals surface area contributed by atoms with Crippen LogP contribution in [0.15, 0.2) is 40.6 Å². The van der Waals surface area contributed by atoms with Gasteiger partial charge in [0, 0.05) is 37.2 Å². The first-order chi connectivity index (χ1) is 13.9. The van der Waals surface area contributed by atoms with Crippen LogP contribution in [0.2, 0.25) is 5.02 Å². The molecule has 1 N–H and O–H groups in total. The van der Waals surface area contributed by atoms with Crippen molar-refractivity contribution in [3.05, 3.63) is 35.6 Å². The van der Waals surface area contributed by atoms with E-state index < -0.39 is 10.0 Å². The van der Waals surface area contributed by atoms with Gasteiger partial charge < -0.3 is 14.6 Å². The van der Waals surface area contributed by atoms with Gasteiger partial charge in [0.15, 0.2) is 5.16 Å². The van der Waals surface area contributed by atoms with E-state index in [0.717, 1.165) is 18.0 Å². The summed E-state index contributed by atoms with van der Waals surface area (Å²) >= 11 is 7.51. The average Bonchev–Trinajstić information content (AvgIpc) is 3.46. The second-order valence-electron chi connectivity index (χ2n) is 6.85. The van der Waals surface area contributed by atoms with Crippen LogP contribution in [0.5, 0.6) is 0 Å². The molecule has 0 spiro atoms. The third-order valence-electron chi connectivity index (χ3n) is 4.71. The lowest BCUT2D eigenvalue weighted by Crippen LogP contribution is -2.40. The maximum Gasteiger partial charge on any atom is 0.244 e. The summed E-state index contributed by atoms with van der Waals surface area (Å²) in [6, 6.07) is 4.97. The highest BCUT2D eigenvalue weighted by Gasteiger charge is 2.29. The van der Waals surface area contributed by atoms with Crippen LogP contribution in [-0.2, 0) is 19.6 Å². The van der Waals surface area contributed by atoms with Crippen LogP contribution >= 0.6 is 23.4 Å². The van der Waals surface area contributed by atoms with E-state index in [9.17, 15) is 13.2 Å². The number of morpholine rings is 1. The first kappa shape index (κ1) is 20.7. The Morgan fingerprint density at radius 3 is 2.79 bits per heavy atom. The summed E-state index contributed by atoms with van der Waals surface area (Å²) in [7, 11) is -3.76. The number of rotatable bonds is 7. The van der Waals surface area contributed by atoms with Gasteiger partial charge in [-0.1, -0.05) is 23.4 Å². The molecule has 4 rings (SSSR count). The first-order valence-electron chi connectivity index (χ1n) is 9.28. The highest BCUT2D eigenvalue weighted by Crippen LogP contribution is 2.37. The molecule has 1 saturated heterocycles. The Balaban J connectivity index is 1.43. The highest BCUT2D eigenvalue weighted by molar-refractivity contribution is 7.99. The van der Waals surface area contributed by atoms with Gasteiger partial charge >= 0.3 is 0 Å². The van der Waals surface area contributed by atoms with E-state index in [-0.39, 0.29) is 34.7 Å². The molecule has 1 aliphatic carbocycles. The second-order valence-corrected chi connectivity index (χ2v) is 10.1. The summed E-state index contributed by atoms with van der Waals surface area (Å²) in [5, 5.41) is 3.68. The van der Waals surface area contributed by atoms with E-state index in [1.165, 1.54) is 28.2 Å². The molecule has 29 heavy (non-hydrogen) atoms. The maximum absolute atomic E-state index is 12.9. The number of hydrogen-bond acceptors (Lipinski definition) is 6. The van der Waals surface area contributed by atoms with Crippen molar-refractivity contribution >= 4 is 45.0 Å². The van der Waals surface area contributed by atoms with Crippen molar-refractivity contribution in [2.24, 2.45) is 0 Å². The van der Waals surface area contributed by atoms with Crippen LogP contribution in [0.25, 0.3) is 0 Å². The number of imidazole rings is 1. The zero-order valence-electron chi connectivity index (χ0n) is 15.6. The molecule has 0 radical (unpaired) electrons. The number of aromatic nitrogens is 2. The predicted octanol–water partition coefficient (Wildman–Crippen LogP) is 2.62. The van der Waals surface area contributed by atoms with E-state index in [2.05, 4.69) is 14.9 Å². The number of halogens is 1. The van der Waals surface area contributed by atoms with Crippen LogP contribution in [-0.4, -0.2) is 60.2 Å². The minimum absolute atomic E-state index is 0.0178. The molecule has 11 heteroatoms. The molecule has 2 heterocycles. The topological polar surface area (TPSA) is 93.5 Å². The Kier molecular flexibility index (Phi) is 6.16. The van der Waals surface area contributed by atoms with Crippen molar-refractivity contribution in [1.29, 1.82) is 0 Å². The predicted molar refractivity (Wildman–Crippen MR) is 111 cm³/mol. The molecular formula is C18H21ClN4O4S2. The second kappa shape index (κ2) is 8.65. The lowest BCUT2D eigenvalue weighted by atomic mass is 10.3. The Hall–Kier alpha value is -1.59. The molecule has 0 atom stereocenters. The van der Waals surface area contributed by atoms with Crippen LogP contribution in [0.4, 0.5) is 5.69 Å². The Bertz CT molecular complexity index is 1000. The lowest BCUT2D eigenvalue weighted by Gasteiger charge is -2.26. The summed E-state index contributed by atoms with van der Waals surface area (Å²) in [6.45, 7) is 1.25. The van der Waals surface area contributed by atoms with Gasteiger partial charge in [0.25, 0.3) is 0 Å². The number of sulfonamides is 1. The van der Waals surface area contributed by atoms with Crippen molar-refractivity contribution in [3.8, 4) is 0 Å². The van der Waals surface area contributed by atoms with Gasteiger partial charge in [0.2, 0.25) is 15.9 Å². The molecule has 1 aliphatic heterocycles. The SMILES string of the molecule is O=C(CSc1nccn1C1CC1)Nc1ccc(Cl)c(S(=O)(=O)N2CCOCC2)c1. The van der Waals surface area contributed by atoms with Crippen LogP contribution in [0, 0.1) is 0 Å². The largest absolute Gasteiger partial charge is 0.379 e. The summed E-state index contributed by atoms with van der Waals surface area (Å²) in [5.41, 5.74) is 0.386. The monoisotopic (exact) mass is 456 g/mol. The van der Waals surface area contributed by atoms with Gasteiger partial charge in [-0.05, 0) is 31.0 Å². The van der Waals surface area contributed by atoms with Gasteiger partial charge in [0.1, 0.15) is 4.90 Å². The molecule has 2 aliphatic rings. The number of thioether (sulfide) groups is 1. The van der Waals surface area contributed by atoms with Crippen molar-refractivity contribution in [2.45, 2.75) is 28.9 Å². The highest BCUT2D eigenvalue weighted by atomic mass is 35.5. The molecule has 0 bridgehead atoms. The number of nitrogens with one attached hydrogen (secondary N) is 1. The van der Waals surface area contributed by atoms with Crippen LogP contribution in [0.3, 0.4) is 0 Å². The molecule has 1 aromatic heterocycles. The molecule has 1 saturated carbocycles. The average molecular weight is 457 g/mol. The van der Waals surface area contributed by atoms with Crippen LogP contribution in [0.1, 0.15) is 18.9 Å². The van der Waals surface area contributed by atoms with Gasteiger partial charge in [-0.2, -0.15) is 4.31 Å². The number of ether oxygens (including phenoxy) is 1. The Morgan fingerprint density at radius 1 is 1.31 bits per heavy atom. The lowest BCUT2D eigenvalue weighted by molar-refractivity contribution is -0.113. The molecule has 2 fully saturated rings. The molecule has 2 aromatic rings. The summed E-state index contributed by atoms with van der Waals surface area (Å²) in [4.78, 5) is 16.7. The van der Waals surface area contributed by atoms with Gasteiger partial charge in [-0.3, -0.25) is 4.79 Å². The zero-order chi connectivity index (χ0) is 20.4. The maximum atomic E-state index is 12.9. The van der Waals surface area contributed by atoms with Crippen molar-refractivity contribution in [1.82, 2.24) is 13.9 Å². The number of carbonyl (C=O) groups is 1. The van der Waals surface area contributed by atoms with Crippen LogP contribution < -0.4 is 5.32 Å². The summed E-state index contributed by atoms with van der Waals surface area (Å²) in [6.07, 6.45) is 5.95. The van der Waals surface area contributed by atoms with E-state index in [1.807, 2.05) is 6.20 Å². The standard InChI is InChI=1S/C18H21ClN4O4S2/c19-15-4-1-13(11-16(15)29(25,26)22-7-9-27-10-8-22)21-17(24)12-28-18-20-5-6-23(18)14-2-3-14/h1,4-6,11,14H,2-3,7-10,12H2,(H,21,24). The van der Waals surface area contributed by atoms with Crippen molar-refractivity contribution in [2.75, 3.05) is 37.4 Å². The summed E-state index contributed by atoms with van der Waals surface area (Å²) in [5.74, 6) is -0.0600. The van der Waals surface area contributed by atoms with Crippen molar-refractivity contribution < 1.29 is 17.9 Å². The Morgan fingerprint density at radius 2 is 2.07 bits per heavy atom. The number of carbonyl (C=O) groups excluding carboxylic acids is 1. The minimum Gasteiger partial charge on any atom is -0.379 e. The van der Waals surface area contributed by atoms with E-state index in [1.54, 1.807) is 12.3 Å².